The fourth-order valence-electron chi connectivity index (χ4n) is 1.55. The zero-order valence-electron chi connectivity index (χ0n) is 6.84. The Morgan fingerprint density at radius 2 is 2.17 bits per heavy atom. The Hall–Kier alpha value is -1.31. The quantitative estimate of drug-likeness (QED) is 0.575. The molecule has 0 aromatic carbocycles. The SMILES string of the molecule is O=C1CC2=C(C=CN1)CCC=C2. The number of carbonyl (C=O) groups is 1. The average molecular weight is 161 g/mol. The largest absolute Gasteiger partial charge is 0.332 e. The van der Waals surface area contributed by atoms with Gasteiger partial charge in [-0.3, -0.25) is 4.79 Å². The number of nitrogens with one attached hydrogen (secondary N) is 1. The van der Waals surface area contributed by atoms with Gasteiger partial charge in [-0.05, 0) is 30.1 Å². The highest BCUT2D eigenvalue weighted by atomic mass is 16.1. The molecule has 0 aromatic heterocycles. The summed E-state index contributed by atoms with van der Waals surface area (Å²) in [5, 5.41) is 2.71. The van der Waals surface area contributed by atoms with E-state index in [1.54, 1.807) is 6.20 Å². The molecule has 2 nitrogen and oxygen atoms in total. The first kappa shape index (κ1) is 7.35. The van der Waals surface area contributed by atoms with Gasteiger partial charge in [0.1, 0.15) is 0 Å². The van der Waals surface area contributed by atoms with Crippen molar-refractivity contribution in [3.63, 3.8) is 0 Å². The molecule has 0 atom stereocenters. The number of rotatable bonds is 0. The fraction of sp³-hybridized carbons (Fsp3) is 0.300. The zero-order chi connectivity index (χ0) is 8.39. The van der Waals surface area contributed by atoms with Crippen LogP contribution < -0.4 is 5.32 Å². The van der Waals surface area contributed by atoms with Crippen LogP contribution in [0.3, 0.4) is 0 Å². The van der Waals surface area contributed by atoms with Crippen molar-refractivity contribution >= 4 is 5.91 Å². The maximum Gasteiger partial charge on any atom is 0.228 e. The second kappa shape index (κ2) is 2.97. The number of hydrogen-bond acceptors (Lipinski definition) is 1. The zero-order valence-corrected chi connectivity index (χ0v) is 6.84. The van der Waals surface area contributed by atoms with Crippen molar-refractivity contribution in [3.8, 4) is 0 Å². The molecule has 0 fully saturated rings. The molecule has 0 saturated carbocycles. The van der Waals surface area contributed by atoms with Crippen LogP contribution in [-0.4, -0.2) is 5.91 Å². The van der Waals surface area contributed by atoms with Crippen LogP contribution in [0.4, 0.5) is 0 Å². The van der Waals surface area contributed by atoms with E-state index in [0.717, 1.165) is 12.8 Å². The van der Waals surface area contributed by atoms with E-state index in [4.69, 9.17) is 0 Å². The summed E-state index contributed by atoms with van der Waals surface area (Å²) in [6, 6.07) is 0. The molecule has 1 heterocycles. The number of amides is 1. The van der Waals surface area contributed by atoms with Crippen LogP contribution in [-0.2, 0) is 4.79 Å². The Morgan fingerprint density at radius 3 is 3.08 bits per heavy atom. The van der Waals surface area contributed by atoms with Gasteiger partial charge in [0, 0.05) is 6.20 Å². The third-order valence-corrected chi connectivity index (χ3v) is 2.19. The van der Waals surface area contributed by atoms with E-state index in [0.29, 0.717) is 6.42 Å². The van der Waals surface area contributed by atoms with Gasteiger partial charge in [-0.25, -0.2) is 0 Å². The Morgan fingerprint density at radius 1 is 1.25 bits per heavy atom. The van der Waals surface area contributed by atoms with Gasteiger partial charge in [-0.15, -0.1) is 0 Å². The van der Waals surface area contributed by atoms with Crippen molar-refractivity contribution in [1.82, 2.24) is 5.32 Å². The van der Waals surface area contributed by atoms with Gasteiger partial charge in [0.05, 0.1) is 6.42 Å². The minimum absolute atomic E-state index is 0.0859. The van der Waals surface area contributed by atoms with Gasteiger partial charge in [-0.2, -0.15) is 0 Å². The minimum atomic E-state index is 0.0859. The molecule has 12 heavy (non-hydrogen) atoms. The highest BCUT2D eigenvalue weighted by Gasteiger charge is 2.11. The lowest BCUT2D eigenvalue weighted by Gasteiger charge is -2.09. The van der Waals surface area contributed by atoms with Gasteiger partial charge in [0.25, 0.3) is 0 Å². The van der Waals surface area contributed by atoms with Crippen LogP contribution in [0, 0.1) is 0 Å². The Kier molecular flexibility index (Phi) is 1.82. The van der Waals surface area contributed by atoms with Crippen molar-refractivity contribution in [3.05, 3.63) is 35.6 Å². The van der Waals surface area contributed by atoms with Gasteiger partial charge in [0.15, 0.2) is 0 Å². The number of carbonyl (C=O) groups excluding carboxylic acids is 1. The van der Waals surface area contributed by atoms with E-state index in [1.165, 1.54) is 11.1 Å². The molecule has 62 valence electrons. The van der Waals surface area contributed by atoms with Crippen molar-refractivity contribution < 1.29 is 4.79 Å². The Bertz CT molecular complexity index is 297. The number of allylic oxidation sites excluding steroid dienone is 4. The van der Waals surface area contributed by atoms with Crippen LogP contribution in [0.1, 0.15) is 19.3 Å². The van der Waals surface area contributed by atoms with Gasteiger partial charge in [0.2, 0.25) is 5.91 Å². The summed E-state index contributed by atoms with van der Waals surface area (Å²) < 4.78 is 0. The second-order valence-corrected chi connectivity index (χ2v) is 3.07. The summed E-state index contributed by atoms with van der Waals surface area (Å²) in [7, 11) is 0. The Labute approximate surface area is 71.7 Å². The van der Waals surface area contributed by atoms with Crippen molar-refractivity contribution in [2.45, 2.75) is 19.3 Å². The first-order valence-electron chi connectivity index (χ1n) is 4.21. The normalized spacial score (nSPS) is 21.8. The first-order valence-corrected chi connectivity index (χ1v) is 4.21. The highest BCUT2D eigenvalue weighted by molar-refractivity contribution is 5.81. The summed E-state index contributed by atoms with van der Waals surface area (Å²) in [4.78, 5) is 11.1. The predicted molar refractivity (Wildman–Crippen MR) is 47.3 cm³/mol. The lowest BCUT2D eigenvalue weighted by Crippen LogP contribution is -2.15. The average Bonchev–Trinajstić information content (AvgIpc) is 2.25. The van der Waals surface area contributed by atoms with Crippen molar-refractivity contribution in [2.24, 2.45) is 0 Å². The van der Waals surface area contributed by atoms with E-state index in [-0.39, 0.29) is 5.91 Å². The van der Waals surface area contributed by atoms with Crippen LogP contribution >= 0.6 is 0 Å². The van der Waals surface area contributed by atoms with E-state index in [1.807, 2.05) is 6.08 Å². The van der Waals surface area contributed by atoms with Crippen LogP contribution in [0.2, 0.25) is 0 Å². The molecule has 0 saturated heterocycles. The molecule has 0 aromatic rings. The minimum Gasteiger partial charge on any atom is -0.332 e. The molecule has 0 radical (unpaired) electrons. The van der Waals surface area contributed by atoms with Gasteiger partial charge < -0.3 is 5.32 Å². The molecule has 1 aliphatic carbocycles. The third kappa shape index (κ3) is 1.33. The molecule has 0 spiro atoms. The maximum absolute atomic E-state index is 11.1. The standard InChI is InChI=1S/C10H11NO/c12-10-7-9-4-2-1-3-8(9)5-6-11-10/h2,4-6H,1,3,7H2,(H,11,12). The molecule has 0 unspecified atom stereocenters. The topological polar surface area (TPSA) is 29.1 Å². The molecule has 1 aliphatic heterocycles. The van der Waals surface area contributed by atoms with E-state index < -0.39 is 0 Å². The predicted octanol–water partition coefficient (Wildman–Crippen LogP) is 1.67. The highest BCUT2D eigenvalue weighted by Crippen LogP contribution is 2.23. The Balaban J connectivity index is 2.32. The monoisotopic (exact) mass is 161 g/mol. The van der Waals surface area contributed by atoms with E-state index >= 15 is 0 Å². The molecular weight excluding hydrogens is 150 g/mol. The molecule has 2 aliphatic rings. The first-order chi connectivity index (χ1) is 5.86. The lowest BCUT2D eigenvalue weighted by atomic mass is 9.96. The van der Waals surface area contributed by atoms with Gasteiger partial charge in [-0.1, -0.05) is 12.2 Å². The van der Waals surface area contributed by atoms with Gasteiger partial charge >= 0.3 is 0 Å². The molecular formula is C10H11NO. The molecule has 2 rings (SSSR count). The summed E-state index contributed by atoms with van der Waals surface area (Å²) in [6.45, 7) is 0. The molecule has 0 bridgehead atoms. The summed E-state index contributed by atoms with van der Waals surface area (Å²) in [6.07, 6.45) is 10.6. The van der Waals surface area contributed by atoms with Crippen LogP contribution in [0.5, 0.6) is 0 Å². The van der Waals surface area contributed by atoms with Crippen LogP contribution in [0.15, 0.2) is 35.6 Å². The number of hydrogen-bond donors (Lipinski definition) is 1. The summed E-state index contributed by atoms with van der Waals surface area (Å²) >= 11 is 0. The van der Waals surface area contributed by atoms with E-state index in [9.17, 15) is 4.79 Å². The second-order valence-electron chi connectivity index (χ2n) is 3.07. The van der Waals surface area contributed by atoms with Crippen LogP contribution in [0.25, 0.3) is 0 Å². The molecule has 1 N–H and O–H groups in total. The fourth-order valence-corrected chi connectivity index (χ4v) is 1.55. The molecule has 2 heteroatoms. The molecule has 1 amide bonds. The smallest absolute Gasteiger partial charge is 0.228 e. The lowest BCUT2D eigenvalue weighted by molar-refractivity contribution is -0.119. The van der Waals surface area contributed by atoms with Crippen molar-refractivity contribution in [2.75, 3.05) is 0 Å². The summed E-state index contributed by atoms with van der Waals surface area (Å²) in [5.41, 5.74) is 2.48. The van der Waals surface area contributed by atoms with E-state index in [2.05, 4.69) is 17.5 Å². The van der Waals surface area contributed by atoms with Crippen molar-refractivity contribution in [1.29, 1.82) is 0 Å². The third-order valence-electron chi connectivity index (χ3n) is 2.19. The summed E-state index contributed by atoms with van der Waals surface area (Å²) in [5.74, 6) is 0.0859. The maximum atomic E-state index is 11.1.